The molecule has 0 atom stereocenters. The fourth-order valence-electron chi connectivity index (χ4n) is 2.78. The third-order valence-corrected chi connectivity index (χ3v) is 4.46. The molecule has 26 heavy (non-hydrogen) atoms. The number of nitrogens with one attached hydrogen (secondary N) is 1. The number of para-hydroxylation sites is 3. The summed E-state index contributed by atoms with van der Waals surface area (Å²) in [7, 11) is 0. The summed E-state index contributed by atoms with van der Waals surface area (Å²) in [6.07, 6.45) is 0.620. The van der Waals surface area contributed by atoms with E-state index in [-0.39, 0.29) is 18.4 Å². The number of likely N-dealkylation sites (tertiary alicyclic amines) is 1. The van der Waals surface area contributed by atoms with Gasteiger partial charge in [-0.3, -0.25) is 0 Å². The summed E-state index contributed by atoms with van der Waals surface area (Å²) < 4.78 is 19.4. The molecule has 1 aliphatic rings. The van der Waals surface area contributed by atoms with Crippen LogP contribution >= 0.6 is 0 Å². The Labute approximate surface area is 150 Å². The highest BCUT2D eigenvalue weighted by Gasteiger charge is 2.33. The minimum absolute atomic E-state index is 0.0696. The van der Waals surface area contributed by atoms with Crippen molar-refractivity contribution >= 4 is 11.7 Å². The van der Waals surface area contributed by atoms with Crippen molar-refractivity contribution in [3.63, 3.8) is 0 Å². The van der Waals surface area contributed by atoms with Crippen LogP contribution in [0.1, 0.15) is 12.8 Å². The Morgan fingerprint density at radius 2 is 1.73 bits per heavy atom. The zero-order chi connectivity index (χ0) is 18.6. The van der Waals surface area contributed by atoms with E-state index in [2.05, 4.69) is 5.32 Å². The second kappa shape index (κ2) is 7.72. The van der Waals surface area contributed by atoms with Crippen LogP contribution in [0, 0.1) is 5.82 Å². The highest BCUT2D eigenvalue weighted by atomic mass is 19.1. The first-order valence-corrected chi connectivity index (χ1v) is 8.41. The van der Waals surface area contributed by atoms with Crippen LogP contribution in [0.3, 0.4) is 0 Å². The van der Waals surface area contributed by atoms with Crippen molar-refractivity contribution in [2.45, 2.75) is 18.4 Å². The number of ether oxygens (including phenoxy) is 1. The molecule has 1 aliphatic heterocycles. The van der Waals surface area contributed by atoms with Gasteiger partial charge < -0.3 is 25.2 Å². The Hall–Kier alpha value is -2.64. The molecule has 1 saturated heterocycles. The Kier molecular flexibility index (Phi) is 5.39. The molecule has 3 N–H and O–H groups in total. The SMILES string of the molecule is O=C(Nc1ccccc1Oc1ccccc1F)N1CCC(O)(CO)CC1. The molecule has 1 heterocycles. The van der Waals surface area contributed by atoms with E-state index < -0.39 is 11.4 Å². The first-order valence-electron chi connectivity index (χ1n) is 8.41. The van der Waals surface area contributed by atoms with Crippen molar-refractivity contribution in [2.75, 3.05) is 25.0 Å². The maximum atomic E-state index is 13.8. The number of halogens is 1. The number of benzene rings is 2. The number of anilines is 1. The zero-order valence-electron chi connectivity index (χ0n) is 14.2. The number of nitrogens with zero attached hydrogens (tertiary/aromatic N) is 1. The molecule has 2 aromatic rings. The monoisotopic (exact) mass is 360 g/mol. The van der Waals surface area contributed by atoms with Crippen LogP contribution in [-0.4, -0.2) is 46.4 Å². The molecule has 0 saturated carbocycles. The summed E-state index contributed by atoms with van der Waals surface area (Å²) in [5.74, 6) is -0.0945. The fourth-order valence-corrected chi connectivity index (χ4v) is 2.78. The van der Waals surface area contributed by atoms with E-state index in [9.17, 15) is 19.4 Å². The van der Waals surface area contributed by atoms with Crippen LogP contribution in [0.15, 0.2) is 48.5 Å². The summed E-state index contributed by atoms with van der Waals surface area (Å²) in [6, 6.07) is 12.5. The Balaban J connectivity index is 1.69. The molecule has 2 amide bonds. The van der Waals surface area contributed by atoms with Gasteiger partial charge in [-0.25, -0.2) is 9.18 Å². The quantitative estimate of drug-likeness (QED) is 0.783. The van der Waals surface area contributed by atoms with Crippen LogP contribution in [0.25, 0.3) is 0 Å². The summed E-state index contributed by atoms with van der Waals surface area (Å²) in [5.41, 5.74) is -0.702. The smallest absolute Gasteiger partial charge is 0.321 e. The number of carbonyl (C=O) groups is 1. The number of aliphatic hydroxyl groups is 2. The molecule has 0 aliphatic carbocycles. The molecular weight excluding hydrogens is 339 g/mol. The highest BCUT2D eigenvalue weighted by Crippen LogP contribution is 2.31. The van der Waals surface area contributed by atoms with E-state index in [4.69, 9.17) is 4.74 Å². The van der Waals surface area contributed by atoms with Crippen molar-refractivity contribution in [2.24, 2.45) is 0 Å². The third-order valence-electron chi connectivity index (χ3n) is 4.46. The maximum Gasteiger partial charge on any atom is 0.321 e. The number of carbonyl (C=O) groups excluding carboxylic acids is 1. The predicted molar refractivity (Wildman–Crippen MR) is 94.8 cm³/mol. The number of aliphatic hydroxyl groups excluding tert-OH is 1. The molecule has 0 radical (unpaired) electrons. The van der Waals surface area contributed by atoms with Crippen LogP contribution in [0.4, 0.5) is 14.9 Å². The Bertz CT molecular complexity index is 776. The van der Waals surface area contributed by atoms with Crippen LogP contribution in [0.5, 0.6) is 11.5 Å². The molecular formula is C19H21FN2O4. The summed E-state index contributed by atoms with van der Waals surface area (Å²) >= 11 is 0. The average Bonchev–Trinajstić information content (AvgIpc) is 2.65. The standard InChI is InChI=1S/C19H21FN2O4/c20-14-5-1-3-7-16(14)26-17-8-4-2-6-15(17)21-18(24)22-11-9-19(25,13-23)10-12-22/h1-8,23,25H,9-13H2,(H,21,24). The van der Waals surface area contributed by atoms with E-state index >= 15 is 0 Å². The number of rotatable bonds is 4. The minimum Gasteiger partial charge on any atom is -0.452 e. The number of hydrogen-bond acceptors (Lipinski definition) is 4. The minimum atomic E-state index is -1.12. The summed E-state index contributed by atoms with van der Waals surface area (Å²) in [4.78, 5) is 14.0. The molecule has 0 aromatic heterocycles. The van der Waals surface area contributed by atoms with Gasteiger partial charge in [-0.05, 0) is 37.1 Å². The van der Waals surface area contributed by atoms with Crippen LogP contribution in [-0.2, 0) is 0 Å². The lowest BCUT2D eigenvalue weighted by atomic mass is 9.93. The van der Waals surface area contributed by atoms with E-state index in [1.807, 2.05) is 0 Å². The molecule has 1 fully saturated rings. The normalized spacial score (nSPS) is 16.2. The van der Waals surface area contributed by atoms with E-state index in [1.165, 1.54) is 12.1 Å². The van der Waals surface area contributed by atoms with E-state index in [0.717, 1.165) is 0 Å². The third kappa shape index (κ3) is 4.12. The second-order valence-corrected chi connectivity index (χ2v) is 6.33. The average molecular weight is 360 g/mol. The van der Waals surface area contributed by atoms with Gasteiger partial charge in [-0.15, -0.1) is 0 Å². The topological polar surface area (TPSA) is 82.0 Å². The van der Waals surface area contributed by atoms with Crippen molar-refractivity contribution < 1.29 is 24.1 Å². The molecule has 6 nitrogen and oxygen atoms in total. The molecule has 0 bridgehead atoms. The largest absolute Gasteiger partial charge is 0.452 e. The van der Waals surface area contributed by atoms with Crippen molar-refractivity contribution in [1.82, 2.24) is 4.90 Å². The van der Waals surface area contributed by atoms with Crippen molar-refractivity contribution in [1.29, 1.82) is 0 Å². The summed E-state index contributed by atoms with van der Waals surface area (Å²) in [5, 5.41) is 22.0. The zero-order valence-corrected chi connectivity index (χ0v) is 14.2. The van der Waals surface area contributed by atoms with Gasteiger partial charge in [0.05, 0.1) is 17.9 Å². The lowest BCUT2D eigenvalue weighted by Crippen LogP contribution is -2.49. The molecule has 0 unspecified atom stereocenters. The molecule has 0 spiro atoms. The summed E-state index contributed by atoms with van der Waals surface area (Å²) in [6.45, 7) is 0.347. The number of amides is 2. The number of urea groups is 1. The van der Waals surface area contributed by atoms with Crippen LogP contribution in [0.2, 0.25) is 0 Å². The highest BCUT2D eigenvalue weighted by molar-refractivity contribution is 5.91. The second-order valence-electron chi connectivity index (χ2n) is 6.33. The van der Waals surface area contributed by atoms with Gasteiger partial charge in [-0.1, -0.05) is 24.3 Å². The van der Waals surface area contributed by atoms with Gasteiger partial charge in [0.1, 0.15) is 0 Å². The van der Waals surface area contributed by atoms with Gasteiger partial charge in [0.25, 0.3) is 0 Å². The van der Waals surface area contributed by atoms with Gasteiger partial charge >= 0.3 is 6.03 Å². The molecule has 3 rings (SSSR count). The molecule has 138 valence electrons. The van der Waals surface area contributed by atoms with Crippen LogP contribution < -0.4 is 10.1 Å². The van der Waals surface area contributed by atoms with Gasteiger partial charge in [0, 0.05) is 13.1 Å². The van der Waals surface area contributed by atoms with Crippen molar-refractivity contribution in [3.8, 4) is 11.5 Å². The first kappa shape index (κ1) is 18.2. The van der Waals surface area contributed by atoms with E-state index in [1.54, 1.807) is 41.3 Å². The number of hydrogen-bond donors (Lipinski definition) is 3. The number of piperidine rings is 1. The van der Waals surface area contributed by atoms with Crippen molar-refractivity contribution in [3.05, 3.63) is 54.3 Å². The molecule has 7 heteroatoms. The first-order chi connectivity index (χ1) is 12.5. The Morgan fingerprint density at radius 3 is 2.38 bits per heavy atom. The lowest BCUT2D eigenvalue weighted by Gasteiger charge is -2.36. The Morgan fingerprint density at radius 1 is 1.12 bits per heavy atom. The predicted octanol–water partition coefficient (Wildman–Crippen LogP) is 2.97. The van der Waals surface area contributed by atoms with Gasteiger partial charge in [0.15, 0.2) is 17.3 Å². The van der Waals surface area contributed by atoms with E-state index in [0.29, 0.717) is 37.4 Å². The van der Waals surface area contributed by atoms with Gasteiger partial charge in [-0.2, -0.15) is 0 Å². The molecule has 2 aromatic carbocycles. The van der Waals surface area contributed by atoms with Gasteiger partial charge in [0.2, 0.25) is 0 Å². The fraction of sp³-hybridized carbons (Fsp3) is 0.316. The lowest BCUT2D eigenvalue weighted by molar-refractivity contribution is -0.0519. The maximum absolute atomic E-state index is 13.8.